The van der Waals surface area contributed by atoms with Gasteiger partial charge in [0, 0.05) is 30.0 Å². The van der Waals surface area contributed by atoms with Gasteiger partial charge in [-0.1, -0.05) is 13.3 Å². The molecular weight excluding hydrogens is 292 g/mol. The molecule has 0 radical (unpaired) electrons. The molecule has 3 aliphatic rings. The van der Waals surface area contributed by atoms with Crippen LogP contribution in [0.15, 0.2) is 11.6 Å². The van der Waals surface area contributed by atoms with Crippen LogP contribution in [0.1, 0.15) is 50.5 Å². The van der Waals surface area contributed by atoms with Gasteiger partial charge in [-0.3, -0.25) is 9.69 Å². The molecule has 5 atom stereocenters. The van der Waals surface area contributed by atoms with E-state index in [1.54, 1.807) is 11.3 Å². The molecule has 1 aromatic rings. The Morgan fingerprint density at radius 3 is 3.05 bits per heavy atom. The zero-order valence-corrected chi connectivity index (χ0v) is 14.2. The molecule has 3 nitrogen and oxygen atoms in total. The minimum Gasteiger partial charge on any atom is -0.299 e. The first-order valence-corrected chi connectivity index (χ1v) is 9.81. The number of nitrogens with zero attached hydrogens (tertiary/aromatic N) is 2. The van der Waals surface area contributed by atoms with Gasteiger partial charge in [0.25, 0.3) is 0 Å². The molecule has 0 unspecified atom stereocenters. The normalized spacial score (nSPS) is 38.8. The monoisotopic (exact) mass is 318 g/mol. The van der Waals surface area contributed by atoms with Gasteiger partial charge in [0.15, 0.2) is 0 Å². The second-order valence-electron chi connectivity index (χ2n) is 7.37. The predicted octanol–water partition coefficient (Wildman–Crippen LogP) is 3.75. The van der Waals surface area contributed by atoms with Crippen LogP contribution in [0.25, 0.3) is 0 Å². The number of Topliss-reactive ketones (excluding diaryl/α,β-unsaturated/α-hetero) is 1. The largest absolute Gasteiger partial charge is 0.299 e. The summed E-state index contributed by atoms with van der Waals surface area (Å²) >= 11 is 1.78. The molecule has 120 valence electrons. The van der Waals surface area contributed by atoms with Crippen LogP contribution >= 0.6 is 11.3 Å². The van der Waals surface area contributed by atoms with Gasteiger partial charge in [-0.25, -0.2) is 4.98 Å². The van der Waals surface area contributed by atoms with Crippen LogP contribution in [0.2, 0.25) is 0 Å². The first-order chi connectivity index (χ1) is 10.8. The quantitative estimate of drug-likeness (QED) is 0.851. The van der Waals surface area contributed by atoms with E-state index in [0.29, 0.717) is 29.6 Å². The van der Waals surface area contributed by atoms with Gasteiger partial charge >= 0.3 is 0 Å². The van der Waals surface area contributed by atoms with Gasteiger partial charge < -0.3 is 0 Å². The van der Waals surface area contributed by atoms with Crippen LogP contribution < -0.4 is 0 Å². The van der Waals surface area contributed by atoms with Crippen molar-refractivity contribution in [2.75, 3.05) is 6.54 Å². The Hall–Kier alpha value is -0.740. The average Bonchev–Trinajstić information content (AvgIpc) is 3.03. The molecule has 1 saturated heterocycles. The third-order valence-electron chi connectivity index (χ3n) is 6.43. The summed E-state index contributed by atoms with van der Waals surface area (Å²) in [6, 6.07) is 0.698. The molecule has 3 fully saturated rings. The maximum Gasteiger partial charge on any atom is 0.136 e. The van der Waals surface area contributed by atoms with Gasteiger partial charge in [-0.2, -0.15) is 0 Å². The van der Waals surface area contributed by atoms with Crippen molar-refractivity contribution in [3.63, 3.8) is 0 Å². The molecule has 4 rings (SSSR count). The molecule has 0 spiro atoms. The predicted molar refractivity (Wildman–Crippen MR) is 88.7 cm³/mol. The van der Waals surface area contributed by atoms with Crippen LogP contribution in [0.3, 0.4) is 0 Å². The number of carbonyl (C=O) groups is 1. The van der Waals surface area contributed by atoms with E-state index < -0.39 is 0 Å². The molecule has 2 aliphatic carbocycles. The van der Waals surface area contributed by atoms with E-state index in [2.05, 4.69) is 22.2 Å². The molecule has 0 amide bonds. The van der Waals surface area contributed by atoms with Crippen molar-refractivity contribution in [3.05, 3.63) is 16.6 Å². The summed E-state index contributed by atoms with van der Waals surface area (Å²) < 4.78 is 0. The summed E-state index contributed by atoms with van der Waals surface area (Å²) in [4.78, 5) is 19.7. The summed E-state index contributed by atoms with van der Waals surface area (Å²) in [5, 5.41) is 3.33. The Bertz CT molecular complexity index is 529. The number of rotatable bonds is 3. The fourth-order valence-electron chi connectivity index (χ4n) is 5.60. The van der Waals surface area contributed by atoms with Gasteiger partial charge in [0.1, 0.15) is 10.8 Å². The first kappa shape index (κ1) is 14.8. The molecule has 0 bridgehead atoms. The van der Waals surface area contributed by atoms with Crippen LogP contribution in [0, 0.1) is 23.7 Å². The smallest absolute Gasteiger partial charge is 0.136 e. The Morgan fingerprint density at radius 2 is 2.27 bits per heavy atom. The van der Waals surface area contributed by atoms with Crippen molar-refractivity contribution >= 4 is 17.1 Å². The van der Waals surface area contributed by atoms with Crippen molar-refractivity contribution in [2.45, 2.75) is 58.0 Å². The average molecular weight is 318 g/mol. The second kappa shape index (κ2) is 6.04. The van der Waals surface area contributed by atoms with E-state index in [1.165, 1.54) is 30.7 Å². The topological polar surface area (TPSA) is 33.2 Å². The number of carbonyl (C=O) groups excluding carboxylic acids is 1. The van der Waals surface area contributed by atoms with Crippen LogP contribution in [0.5, 0.6) is 0 Å². The molecule has 0 aromatic carbocycles. The first-order valence-electron chi connectivity index (χ1n) is 8.93. The minimum absolute atomic E-state index is 0.351. The summed E-state index contributed by atoms with van der Waals surface area (Å²) in [5.74, 6) is 3.02. The number of hydrogen-bond donors (Lipinski definition) is 0. The maximum absolute atomic E-state index is 12.5. The second-order valence-corrected chi connectivity index (χ2v) is 8.35. The summed E-state index contributed by atoms with van der Waals surface area (Å²) in [6.45, 7) is 4.38. The molecule has 22 heavy (non-hydrogen) atoms. The molecule has 1 aliphatic heterocycles. The van der Waals surface area contributed by atoms with Crippen LogP contribution in [-0.4, -0.2) is 28.3 Å². The molecular formula is C18H26N2OS. The third kappa shape index (κ3) is 2.44. The molecule has 4 heteroatoms. The number of hydrogen-bond acceptors (Lipinski definition) is 4. The number of aromatic nitrogens is 1. The summed E-state index contributed by atoms with van der Waals surface area (Å²) in [7, 11) is 0. The number of likely N-dealkylation sites (tertiary alicyclic amines) is 1. The lowest BCUT2D eigenvalue weighted by atomic mass is 9.56. The maximum atomic E-state index is 12.5. The highest BCUT2D eigenvalue weighted by Crippen LogP contribution is 2.51. The zero-order chi connectivity index (χ0) is 15.1. The number of piperidine rings is 1. The van der Waals surface area contributed by atoms with Crippen LogP contribution in [-0.2, 0) is 11.3 Å². The van der Waals surface area contributed by atoms with Gasteiger partial charge in [0.05, 0.1) is 6.54 Å². The minimum atomic E-state index is 0.351. The van der Waals surface area contributed by atoms with E-state index in [4.69, 9.17) is 0 Å². The lowest BCUT2D eigenvalue weighted by molar-refractivity contribution is -0.139. The fraction of sp³-hybridized carbons (Fsp3) is 0.778. The summed E-state index contributed by atoms with van der Waals surface area (Å²) in [6.07, 6.45) is 8.96. The standard InChI is InChI=1S/C18H26N2OS/c1-2-13-14-4-3-5-15-18(14)12(10-16(13)21)6-8-20(15)11-17-19-7-9-22-17/h7,9,12-15,18H,2-6,8,10-11H2,1H3/t12-,13+,14+,15+,18+/m0/s1. The Labute approximate surface area is 137 Å². The van der Waals surface area contributed by atoms with E-state index >= 15 is 0 Å². The van der Waals surface area contributed by atoms with Gasteiger partial charge in [0.2, 0.25) is 0 Å². The van der Waals surface area contributed by atoms with Gasteiger partial charge in [-0.15, -0.1) is 11.3 Å². The SMILES string of the molecule is CC[C@H]1C(=O)C[C@@H]2CCN(Cc3nccs3)[C@@H]3CCC[C@H]1[C@@H]23. The zero-order valence-electron chi connectivity index (χ0n) is 13.4. The van der Waals surface area contributed by atoms with E-state index in [0.717, 1.165) is 31.8 Å². The van der Waals surface area contributed by atoms with Crippen molar-refractivity contribution in [2.24, 2.45) is 23.7 Å². The van der Waals surface area contributed by atoms with Crippen molar-refractivity contribution < 1.29 is 4.79 Å². The van der Waals surface area contributed by atoms with E-state index in [-0.39, 0.29) is 0 Å². The van der Waals surface area contributed by atoms with Crippen molar-refractivity contribution in [1.29, 1.82) is 0 Å². The highest BCUT2D eigenvalue weighted by atomic mass is 32.1. The van der Waals surface area contributed by atoms with Gasteiger partial charge in [-0.05, 0) is 50.0 Å². The highest BCUT2D eigenvalue weighted by molar-refractivity contribution is 7.09. The Kier molecular flexibility index (Phi) is 4.07. The highest BCUT2D eigenvalue weighted by Gasteiger charge is 2.51. The Balaban J connectivity index is 1.58. The third-order valence-corrected chi connectivity index (χ3v) is 7.20. The van der Waals surface area contributed by atoms with E-state index in [1.807, 2.05) is 6.20 Å². The van der Waals surface area contributed by atoms with Crippen molar-refractivity contribution in [3.8, 4) is 0 Å². The molecule has 1 aromatic heterocycles. The molecule has 2 saturated carbocycles. The lowest BCUT2D eigenvalue weighted by Gasteiger charge is -2.55. The molecule has 2 heterocycles. The van der Waals surface area contributed by atoms with E-state index in [9.17, 15) is 4.79 Å². The summed E-state index contributed by atoms with van der Waals surface area (Å²) in [5.41, 5.74) is 0. The van der Waals surface area contributed by atoms with Crippen LogP contribution in [0.4, 0.5) is 0 Å². The fourth-order valence-corrected chi connectivity index (χ4v) is 6.24. The lowest BCUT2D eigenvalue weighted by Crippen LogP contribution is -2.57. The Morgan fingerprint density at radius 1 is 1.36 bits per heavy atom. The number of ketones is 1. The van der Waals surface area contributed by atoms with Crippen molar-refractivity contribution in [1.82, 2.24) is 9.88 Å². The number of thiazole rings is 1. The molecule has 0 N–H and O–H groups in total.